The fourth-order valence-electron chi connectivity index (χ4n) is 3.21. The molecule has 1 aromatic carbocycles. The van der Waals surface area contributed by atoms with Crippen LogP contribution in [0.1, 0.15) is 18.4 Å². The van der Waals surface area contributed by atoms with E-state index in [1.54, 1.807) is 7.05 Å². The fourth-order valence-corrected chi connectivity index (χ4v) is 3.34. The molecule has 6 nitrogen and oxygen atoms in total. The summed E-state index contributed by atoms with van der Waals surface area (Å²) in [5.41, 5.74) is 1.09. The first-order valence-corrected chi connectivity index (χ1v) is 9.13. The first-order chi connectivity index (χ1) is 12.2. The molecule has 0 aliphatic carbocycles. The van der Waals surface area contributed by atoms with Gasteiger partial charge in [0.2, 0.25) is 5.91 Å². The van der Waals surface area contributed by atoms with Gasteiger partial charge in [-0.15, -0.1) is 24.0 Å². The van der Waals surface area contributed by atoms with Crippen molar-refractivity contribution in [1.82, 2.24) is 15.1 Å². The lowest BCUT2D eigenvalue weighted by Gasteiger charge is -2.36. The highest BCUT2D eigenvalue weighted by atomic mass is 127. The van der Waals surface area contributed by atoms with Gasteiger partial charge in [0, 0.05) is 44.9 Å². The summed E-state index contributed by atoms with van der Waals surface area (Å²) in [4.78, 5) is 20.7. The van der Waals surface area contributed by atoms with Gasteiger partial charge in [-0.3, -0.25) is 9.79 Å². The van der Waals surface area contributed by atoms with Gasteiger partial charge in [0.1, 0.15) is 0 Å². The number of carbonyl (C=O) groups is 1. The van der Waals surface area contributed by atoms with E-state index in [0.29, 0.717) is 24.7 Å². The Morgan fingerprint density at radius 1 is 1.35 bits per heavy atom. The van der Waals surface area contributed by atoms with Crippen LogP contribution >= 0.6 is 35.6 Å². The fraction of sp³-hybridized carbons (Fsp3) is 0.556. The first-order valence-electron chi connectivity index (χ1n) is 8.75. The van der Waals surface area contributed by atoms with Crippen LogP contribution in [0.25, 0.3) is 0 Å². The Kier molecular flexibility index (Phi) is 8.43. The van der Waals surface area contributed by atoms with Gasteiger partial charge in [0.25, 0.3) is 0 Å². The number of nitrogens with zero attached hydrogens (tertiary/aromatic N) is 3. The Morgan fingerprint density at radius 3 is 2.73 bits per heavy atom. The van der Waals surface area contributed by atoms with E-state index in [1.807, 2.05) is 34.1 Å². The van der Waals surface area contributed by atoms with Gasteiger partial charge in [0.05, 0.1) is 12.6 Å². The minimum Gasteiger partial charge on any atom is -0.376 e. The van der Waals surface area contributed by atoms with Gasteiger partial charge < -0.3 is 19.9 Å². The monoisotopic (exact) mass is 492 g/mol. The molecule has 26 heavy (non-hydrogen) atoms. The summed E-state index contributed by atoms with van der Waals surface area (Å²) in [6.45, 7) is 4.00. The molecule has 1 atom stereocenters. The molecule has 1 amide bonds. The molecular formula is C18H26ClIN4O2. The number of amides is 1. The maximum atomic E-state index is 12.5. The number of ether oxygens (including phenoxy) is 1. The average molecular weight is 493 g/mol. The molecule has 2 saturated heterocycles. The Hall–Kier alpha value is -1.06. The van der Waals surface area contributed by atoms with Crippen molar-refractivity contribution in [1.29, 1.82) is 0 Å². The maximum absolute atomic E-state index is 12.5. The number of aliphatic imine (C=N–C) groups is 1. The Morgan fingerprint density at radius 2 is 2.12 bits per heavy atom. The summed E-state index contributed by atoms with van der Waals surface area (Å²) in [7, 11) is 1.75. The molecule has 144 valence electrons. The second kappa shape index (κ2) is 10.3. The number of piperazine rings is 1. The zero-order chi connectivity index (χ0) is 17.6. The number of guanidine groups is 1. The zero-order valence-corrected chi connectivity index (χ0v) is 18.1. The number of carbonyl (C=O) groups excluding carboxylic acids is 1. The molecule has 0 bridgehead atoms. The number of nitrogens with one attached hydrogen (secondary N) is 1. The molecule has 0 saturated carbocycles. The number of rotatable bonds is 4. The standard InChI is InChI=1S/C18H25ClN4O2.HI/c1-20-18(21-11-16-3-2-10-25-16)23-9-8-22(17(24)13-23)12-14-4-6-15(19)7-5-14;/h4-7,16H,2-3,8-13H2,1H3,(H,20,21);1H. The zero-order valence-electron chi connectivity index (χ0n) is 15.0. The predicted octanol–water partition coefficient (Wildman–Crippen LogP) is 2.36. The molecule has 2 aliphatic heterocycles. The molecule has 2 fully saturated rings. The normalized spacial score (nSPS) is 20.9. The van der Waals surface area contributed by atoms with Gasteiger partial charge in [-0.05, 0) is 30.5 Å². The lowest BCUT2D eigenvalue weighted by molar-refractivity contribution is -0.135. The summed E-state index contributed by atoms with van der Waals surface area (Å²) in [6, 6.07) is 7.64. The molecular weight excluding hydrogens is 467 g/mol. The van der Waals surface area contributed by atoms with E-state index in [4.69, 9.17) is 16.3 Å². The summed E-state index contributed by atoms with van der Waals surface area (Å²) in [5.74, 6) is 0.885. The Bertz CT molecular complexity index is 620. The molecule has 0 radical (unpaired) electrons. The van der Waals surface area contributed by atoms with Crippen LogP contribution in [0.3, 0.4) is 0 Å². The molecule has 2 heterocycles. The average Bonchev–Trinajstić information content (AvgIpc) is 3.13. The number of hydrogen-bond donors (Lipinski definition) is 1. The van der Waals surface area contributed by atoms with Crippen LogP contribution < -0.4 is 5.32 Å². The Balaban J connectivity index is 0.00000243. The highest BCUT2D eigenvalue weighted by Gasteiger charge is 2.26. The lowest BCUT2D eigenvalue weighted by Crippen LogP contribution is -2.55. The third-order valence-corrected chi connectivity index (χ3v) is 4.88. The van der Waals surface area contributed by atoms with Gasteiger partial charge in [-0.2, -0.15) is 0 Å². The van der Waals surface area contributed by atoms with Crippen LogP contribution in [0, 0.1) is 0 Å². The summed E-state index contributed by atoms with van der Waals surface area (Å²) >= 11 is 5.91. The number of benzene rings is 1. The quantitative estimate of drug-likeness (QED) is 0.398. The van der Waals surface area contributed by atoms with Gasteiger partial charge in [-0.25, -0.2) is 0 Å². The highest BCUT2D eigenvalue weighted by molar-refractivity contribution is 14.0. The summed E-state index contributed by atoms with van der Waals surface area (Å²) in [6.07, 6.45) is 2.45. The van der Waals surface area contributed by atoms with Crippen LogP contribution in [-0.4, -0.2) is 67.6 Å². The molecule has 8 heteroatoms. The number of hydrogen-bond acceptors (Lipinski definition) is 3. The van der Waals surface area contributed by atoms with Crippen LogP contribution in [0.15, 0.2) is 29.3 Å². The van der Waals surface area contributed by atoms with E-state index in [-0.39, 0.29) is 36.0 Å². The van der Waals surface area contributed by atoms with Crippen molar-refractivity contribution in [2.75, 3.05) is 39.8 Å². The minimum absolute atomic E-state index is 0. The van der Waals surface area contributed by atoms with E-state index in [9.17, 15) is 4.79 Å². The first kappa shape index (κ1) is 21.2. The van der Waals surface area contributed by atoms with E-state index in [2.05, 4.69) is 10.3 Å². The van der Waals surface area contributed by atoms with E-state index < -0.39 is 0 Å². The molecule has 1 aromatic rings. The predicted molar refractivity (Wildman–Crippen MR) is 114 cm³/mol. The topological polar surface area (TPSA) is 57.2 Å². The second-order valence-electron chi connectivity index (χ2n) is 6.43. The van der Waals surface area contributed by atoms with Gasteiger partial charge >= 0.3 is 0 Å². The molecule has 3 rings (SSSR count). The summed E-state index contributed by atoms with van der Waals surface area (Å²) in [5, 5.41) is 4.05. The molecule has 1 N–H and O–H groups in total. The smallest absolute Gasteiger partial charge is 0.242 e. The van der Waals surface area contributed by atoms with Crippen molar-refractivity contribution in [2.45, 2.75) is 25.5 Å². The van der Waals surface area contributed by atoms with Crippen molar-refractivity contribution >= 4 is 47.4 Å². The third-order valence-electron chi connectivity index (χ3n) is 4.63. The molecule has 0 spiro atoms. The second-order valence-corrected chi connectivity index (χ2v) is 6.86. The molecule has 1 unspecified atom stereocenters. The van der Waals surface area contributed by atoms with E-state index in [1.165, 1.54) is 0 Å². The molecule has 0 aromatic heterocycles. The lowest BCUT2D eigenvalue weighted by atomic mass is 10.2. The largest absolute Gasteiger partial charge is 0.376 e. The summed E-state index contributed by atoms with van der Waals surface area (Å²) < 4.78 is 5.63. The van der Waals surface area contributed by atoms with Crippen molar-refractivity contribution in [3.05, 3.63) is 34.9 Å². The third kappa shape index (κ3) is 5.72. The van der Waals surface area contributed by atoms with Crippen LogP contribution in [0.5, 0.6) is 0 Å². The van der Waals surface area contributed by atoms with Crippen molar-refractivity contribution in [3.63, 3.8) is 0 Å². The van der Waals surface area contributed by atoms with E-state index >= 15 is 0 Å². The van der Waals surface area contributed by atoms with Crippen molar-refractivity contribution < 1.29 is 9.53 Å². The SMILES string of the molecule is CN=C(NCC1CCCO1)N1CCN(Cc2ccc(Cl)cc2)C(=O)C1.I. The highest BCUT2D eigenvalue weighted by Crippen LogP contribution is 2.14. The van der Waals surface area contributed by atoms with Crippen LogP contribution in [0.2, 0.25) is 5.02 Å². The van der Waals surface area contributed by atoms with Gasteiger partial charge in [-0.1, -0.05) is 23.7 Å². The van der Waals surface area contributed by atoms with Crippen molar-refractivity contribution in [3.8, 4) is 0 Å². The van der Waals surface area contributed by atoms with Crippen LogP contribution in [0.4, 0.5) is 0 Å². The van der Waals surface area contributed by atoms with Gasteiger partial charge in [0.15, 0.2) is 5.96 Å². The van der Waals surface area contributed by atoms with Crippen LogP contribution in [-0.2, 0) is 16.1 Å². The minimum atomic E-state index is 0. The molecule has 2 aliphatic rings. The van der Waals surface area contributed by atoms with Crippen molar-refractivity contribution in [2.24, 2.45) is 4.99 Å². The number of halogens is 2. The van der Waals surface area contributed by atoms with E-state index in [0.717, 1.165) is 44.1 Å². The maximum Gasteiger partial charge on any atom is 0.242 e. The Labute approximate surface area is 176 Å².